The van der Waals surface area contributed by atoms with E-state index in [2.05, 4.69) is 25.6 Å². The lowest BCUT2D eigenvalue weighted by Gasteiger charge is -2.48. The van der Waals surface area contributed by atoms with Crippen LogP contribution < -0.4 is 5.32 Å². The normalized spacial score (nSPS) is 19.9. The lowest BCUT2D eigenvalue weighted by Crippen LogP contribution is -2.58. The molecule has 158 valence electrons. The SMILES string of the molecule is Cc1cc(-c2nnc(CCC(=O)NCC3(N4CCCCC4)CCCCC3)o2)no1. The summed E-state index contributed by atoms with van der Waals surface area (Å²) in [6.45, 7) is 4.89. The van der Waals surface area contributed by atoms with E-state index in [9.17, 15) is 4.79 Å². The van der Waals surface area contributed by atoms with Crippen LogP contribution in [0.25, 0.3) is 11.6 Å². The molecule has 2 aliphatic rings. The van der Waals surface area contributed by atoms with Gasteiger partial charge in [0, 0.05) is 31.0 Å². The molecular weight excluding hydrogens is 370 g/mol. The van der Waals surface area contributed by atoms with E-state index in [4.69, 9.17) is 8.94 Å². The summed E-state index contributed by atoms with van der Waals surface area (Å²) >= 11 is 0. The topological polar surface area (TPSA) is 97.3 Å². The molecule has 4 rings (SSSR count). The summed E-state index contributed by atoms with van der Waals surface area (Å²) in [5, 5.41) is 15.1. The number of aromatic nitrogens is 3. The van der Waals surface area contributed by atoms with E-state index >= 15 is 0 Å². The number of aryl methyl sites for hydroxylation is 2. The van der Waals surface area contributed by atoms with Gasteiger partial charge in [-0.3, -0.25) is 9.69 Å². The van der Waals surface area contributed by atoms with Crippen LogP contribution in [0.4, 0.5) is 0 Å². The standard InChI is InChI=1S/C21H31N5O3/c1-16-14-17(25-29-16)20-24-23-19(28-20)9-8-18(27)22-15-21(10-4-2-5-11-21)26-12-6-3-7-13-26/h14H,2-13,15H2,1H3,(H,22,27). The second-order valence-corrected chi connectivity index (χ2v) is 8.43. The molecule has 1 aliphatic heterocycles. The zero-order valence-electron chi connectivity index (χ0n) is 17.3. The van der Waals surface area contributed by atoms with E-state index in [0.29, 0.717) is 36.1 Å². The Bertz CT molecular complexity index is 803. The number of amides is 1. The molecule has 8 heteroatoms. The molecular formula is C21H31N5O3. The van der Waals surface area contributed by atoms with Crippen LogP contribution in [0.5, 0.6) is 0 Å². The van der Waals surface area contributed by atoms with Crippen LogP contribution in [-0.2, 0) is 11.2 Å². The van der Waals surface area contributed by atoms with Gasteiger partial charge in [0.05, 0.1) is 0 Å². The van der Waals surface area contributed by atoms with Crippen molar-refractivity contribution in [3.05, 3.63) is 17.7 Å². The highest BCUT2D eigenvalue weighted by atomic mass is 16.5. The van der Waals surface area contributed by atoms with Gasteiger partial charge in [-0.15, -0.1) is 10.2 Å². The number of nitrogens with one attached hydrogen (secondary N) is 1. The van der Waals surface area contributed by atoms with Crippen LogP contribution in [0, 0.1) is 6.92 Å². The Morgan fingerprint density at radius 2 is 1.90 bits per heavy atom. The first-order valence-corrected chi connectivity index (χ1v) is 10.9. The average molecular weight is 402 g/mol. The number of carbonyl (C=O) groups excluding carboxylic acids is 1. The van der Waals surface area contributed by atoms with Gasteiger partial charge in [-0.1, -0.05) is 30.8 Å². The highest BCUT2D eigenvalue weighted by Crippen LogP contribution is 2.35. The van der Waals surface area contributed by atoms with Crippen molar-refractivity contribution in [1.29, 1.82) is 0 Å². The molecule has 2 aromatic heterocycles. The molecule has 0 bridgehead atoms. The Hall–Kier alpha value is -2.22. The van der Waals surface area contributed by atoms with Crippen molar-refractivity contribution in [1.82, 2.24) is 25.6 Å². The highest BCUT2D eigenvalue weighted by molar-refractivity contribution is 5.76. The summed E-state index contributed by atoms with van der Waals surface area (Å²) in [7, 11) is 0. The Morgan fingerprint density at radius 3 is 2.62 bits per heavy atom. The molecule has 3 heterocycles. The van der Waals surface area contributed by atoms with Crippen LogP contribution in [0.3, 0.4) is 0 Å². The quantitative estimate of drug-likeness (QED) is 0.760. The maximum atomic E-state index is 12.5. The third kappa shape index (κ3) is 4.86. The smallest absolute Gasteiger partial charge is 0.269 e. The highest BCUT2D eigenvalue weighted by Gasteiger charge is 2.38. The Labute approximate surface area is 171 Å². The number of carbonyl (C=O) groups is 1. The molecule has 2 aromatic rings. The van der Waals surface area contributed by atoms with Crippen LogP contribution in [-0.4, -0.2) is 51.3 Å². The van der Waals surface area contributed by atoms with Gasteiger partial charge in [-0.25, -0.2) is 0 Å². The first-order valence-electron chi connectivity index (χ1n) is 10.9. The minimum atomic E-state index is 0.0454. The van der Waals surface area contributed by atoms with Gasteiger partial charge < -0.3 is 14.3 Å². The second-order valence-electron chi connectivity index (χ2n) is 8.43. The molecule has 1 N–H and O–H groups in total. The van der Waals surface area contributed by atoms with Crippen molar-refractivity contribution >= 4 is 5.91 Å². The fourth-order valence-corrected chi connectivity index (χ4v) is 4.68. The number of piperidine rings is 1. The molecule has 2 fully saturated rings. The molecule has 0 spiro atoms. The largest absolute Gasteiger partial charge is 0.419 e. The predicted molar refractivity (Wildman–Crippen MR) is 107 cm³/mol. The van der Waals surface area contributed by atoms with Gasteiger partial charge in [0.25, 0.3) is 5.89 Å². The minimum Gasteiger partial charge on any atom is -0.419 e. The van der Waals surface area contributed by atoms with E-state index in [1.165, 1.54) is 64.5 Å². The fraction of sp³-hybridized carbons (Fsp3) is 0.714. The summed E-state index contributed by atoms with van der Waals surface area (Å²) in [6.07, 6.45) is 10.9. The van der Waals surface area contributed by atoms with Crippen LogP contribution in [0.2, 0.25) is 0 Å². The number of likely N-dealkylation sites (tertiary alicyclic amines) is 1. The number of rotatable bonds is 7. The zero-order valence-corrected chi connectivity index (χ0v) is 17.3. The molecule has 0 aromatic carbocycles. The van der Waals surface area contributed by atoms with E-state index in [0.717, 1.165) is 6.54 Å². The Morgan fingerprint density at radius 1 is 1.14 bits per heavy atom. The van der Waals surface area contributed by atoms with E-state index in [-0.39, 0.29) is 11.4 Å². The van der Waals surface area contributed by atoms with Crippen LogP contribution >= 0.6 is 0 Å². The molecule has 8 nitrogen and oxygen atoms in total. The molecule has 0 unspecified atom stereocenters. The molecule has 1 saturated heterocycles. The van der Waals surface area contributed by atoms with Crippen molar-refractivity contribution in [3.63, 3.8) is 0 Å². The van der Waals surface area contributed by atoms with Crippen molar-refractivity contribution in [2.75, 3.05) is 19.6 Å². The molecule has 29 heavy (non-hydrogen) atoms. The Balaban J connectivity index is 1.29. The first kappa shape index (κ1) is 20.1. The number of hydrogen-bond acceptors (Lipinski definition) is 7. The summed E-state index contributed by atoms with van der Waals surface area (Å²) in [4.78, 5) is 15.2. The first-order chi connectivity index (χ1) is 14.1. The number of hydrogen-bond donors (Lipinski definition) is 1. The van der Waals surface area contributed by atoms with Gasteiger partial charge in [0.15, 0.2) is 5.69 Å². The van der Waals surface area contributed by atoms with E-state index in [1.54, 1.807) is 13.0 Å². The van der Waals surface area contributed by atoms with Crippen molar-refractivity contribution in [2.45, 2.75) is 76.7 Å². The third-order valence-corrected chi connectivity index (χ3v) is 6.31. The summed E-state index contributed by atoms with van der Waals surface area (Å²) < 4.78 is 10.6. The summed E-state index contributed by atoms with van der Waals surface area (Å²) in [5.74, 6) is 1.50. The zero-order chi connectivity index (χ0) is 20.1. The molecule has 0 atom stereocenters. The van der Waals surface area contributed by atoms with Gasteiger partial charge in [0.2, 0.25) is 11.8 Å². The fourth-order valence-electron chi connectivity index (χ4n) is 4.68. The summed E-state index contributed by atoms with van der Waals surface area (Å²) in [6, 6.07) is 1.74. The molecule has 1 amide bonds. The van der Waals surface area contributed by atoms with Gasteiger partial charge in [-0.05, 0) is 45.7 Å². The van der Waals surface area contributed by atoms with E-state index < -0.39 is 0 Å². The van der Waals surface area contributed by atoms with Crippen molar-refractivity contribution in [2.24, 2.45) is 0 Å². The molecule has 1 saturated carbocycles. The third-order valence-electron chi connectivity index (χ3n) is 6.31. The van der Waals surface area contributed by atoms with Gasteiger partial charge in [0.1, 0.15) is 5.76 Å². The lowest BCUT2D eigenvalue weighted by molar-refractivity contribution is -0.122. The predicted octanol–water partition coefficient (Wildman–Crippen LogP) is 3.27. The monoisotopic (exact) mass is 401 g/mol. The van der Waals surface area contributed by atoms with Crippen LogP contribution in [0.1, 0.15) is 69.4 Å². The maximum Gasteiger partial charge on any atom is 0.269 e. The van der Waals surface area contributed by atoms with Crippen LogP contribution in [0.15, 0.2) is 15.0 Å². The van der Waals surface area contributed by atoms with Gasteiger partial charge >= 0.3 is 0 Å². The second kappa shape index (κ2) is 9.07. The van der Waals surface area contributed by atoms with Gasteiger partial charge in [-0.2, -0.15) is 0 Å². The molecule has 1 aliphatic carbocycles. The maximum absolute atomic E-state index is 12.5. The van der Waals surface area contributed by atoms with Crippen molar-refractivity contribution < 1.29 is 13.7 Å². The minimum absolute atomic E-state index is 0.0454. The summed E-state index contributed by atoms with van der Waals surface area (Å²) in [5.41, 5.74) is 0.669. The molecule has 0 radical (unpaired) electrons. The van der Waals surface area contributed by atoms with Crippen molar-refractivity contribution in [3.8, 4) is 11.6 Å². The lowest BCUT2D eigenvalue weighted by atomic mass is 9.79. The van der Waals surface area contributed by atoms with E-state index in [1.807, 2.05) is 0 Å². The average Bonchev–Trinajstić information content (AvgIpc) is 3.41. The number of nitrogens with zero attached hydrogens (tertiary/aromatic N) is 4. The Kier molecular flexibility index (Phi) is 6.28.